The Kier molecular flexibility index (Phi) is 11.6. The van der Waals surface area contributed by atoms with Crippen molar-refractivity contribution in [3.05, 3.63) is 36.5 Å². The summed E-state index contributed by atoms with van der Waals surface area (Å²) in [6.45, 7) is 12.9. The molecular formula is C18H31NO2. The first-order valence-electron chi connectivity index (χ1n) is 8.01. The van der Waals surface area contributed by atoms with E-state index in [-0.39, 0.29) is 0 Å². The molecule has 3 nitrogen and oxygen atoms in total. The standard InChI is InChI=1S/C18H31NO2/c1-5-9-11-16(8-4)17(18(20)21)12-15-19(13-7-3)14-10-6-2/h5,8-9,11,17H,4,6-7,10,12-15H2,1-3H3,(H,20,21)/b9-5-,16-11+. The van der Waals surface area contributed by atoms with Gasteiger partial charge in [0, 0.05) is 0 Å². The fourth-order valence-electron chi connectivity index (χ4n) is 2.31. The second-order valence-corrected chi connectivity index (χ2v) is 5.27. The molecule has 1 atom stereocenters. The normalized spacial score (nSPS) is 13.8. The van der Waals surface area contributed by atoms with Gasteiger partial charge in [0.05, 0.1) is 5.92 Å². The molecule has 1 unspecified atom stereocenters. The number of unbranched alkanes of at least 4 members (excludes halogenated alkanes) is 1. The minimum atomic E-state index is -0.766. The van der Waals surface area contributed by atoms with Crippen molar-refractivity contribution in [2.24, 2.45) is 5.92 Å². The summed E-state index contributed by atoms with van der Waals surface area (Å²) >= 11 is 0. The molecule has 0 saturated heterocycles. The molecule has 0 aliphatic carbocycles. The van der Waals surface area contributed by atoms with Gasteiger partial charge in [0.25, 0.3) is 0 Å². The van der Waals surface area contributed by atoms with Crippen molar-refractivity contribution in [1.82, 2.24) is 4.90 Å². The van der Waals surface area contributed by atoms with E-state index in [1.54, 1.807) is 6.08 Å². The Morgan fingerprint density at radius 3 is 2.43 bits per heavy atom. The monoisotopic (exact) mass is 293 g/mol. The zero-order chi connectivity index (χ0) is 16.1. The van der Waals surface area contributed by atoms with Crippen LogP contribution in [0.25, 0.3) is 0 Å². The molecule has 1 N–H and O–H groups in total. The number of allylic oxidation sites excluding steroid dienone is 4. The third kappa shape index (κ3) is 8.51. The van der Waals surface area contributed by atoms with Gasteiger partial charge in [-0.2, -0.15) is 0 Å². The van der Waals surface area contributed by atoms with E-state index in [2.05, 4.69) is 25.3 Å². The van der Waals surface area contributed by atoms with E-state index in [1.165, 1.54) is 12.8 Å². The average Bonchev–Trinajstić information content (AvgIpc) is 2.47. The Hall–Kier alpha value is -1.35. The van der Waals surface area contributed by atoms with E-state index in [0.717, 1.165) is 31.6 Å². The van der Waals surface area contributed by atoms with Crippen LogP contribution in [0.4, 0.5) is 0 Å². The molecule has 3 heteroatoms. The fraction of sp³-hybridized carbons (Fsp3) is 0.611. The molecule has 0 heterocycles. The highest BCUT2D eigenvalue weighted by Gasteiger charge is 2.21. The second-order valence-electron chi connectivity index (χ2n) is 5.27. The van der Waals surface area contributed by atoms with Gasteiger partial charge in [0.1, 0.15) is 0 Å². The molecule has 0 aromatic rings. The first kappa shape index (κ1) is 19.7. The molecule has 0 radical (unpaired) electrons. The van der Waals surface area contributed by atoms with E-state index in [0.29, 0.717) is 6.42 Å². The molecule has 21 heavy (non-hydrogen) atoms. The molecule has 0 bridgehead atoms. The van der Waals surface area contributed by atoms with E-state index >= 15 is 0 Å². The lowest BCUT2D eigenvalue weighted by Gasteiger charge is -2.23. The number of aliphatic carboxylic acids is 1. The van der Waals surface area contributed by atoms with Gasteiger partial charge < -0.3 is 10.0 Å². The summed E-state index contributed by atoms with van der Waals surface area (Å²) < 4.78 is 0. The van der Waals surface area contributed by atoms with Crippen molar-refractivity contribution < 1.29 is 9.90 Å². The maximum Gasteiger partial charge on any atom is 0.311 e. The SMILES string of the molecule is C=C/C(=C\C=C/C)C(CCN(CCC)CCCC)C(=O)O. The van der Waals surface area contributed by atoms with Gasteiger partial charge in [-0.05, 0) is 51.4 Å². The molecule has 0 aromatic carbocycles. The van der Waals surface area contributed by atoms with Crippen LogP contribution in [-0.4, -0.2) is 35.6 Å². The number of nitrogens with zero attached hydrogens (tertiary/aromatic N) is 1. The fourth-order valence-corrected chi connectivity index (χ4v) is 2.31. The van der Waals surface area contributed by atoms with E-state index in [9.17, 15) is 9.90 Å². The van der Waals surface area contributed by atoms with Crippen LogP contribution in [0.5, 0.6) is 0 Å². The van der Waals surface area contributed by atoms with Crippen molar-refractivity contribution in [2.75, 3.05) is 19.6 Å². The summed E-state index contributed by atoms with van der Waals surface area (Å²) in [5.74, 6) is -1.24. The summed E-state index contributed by atoms with van der Waals surface area (Å²) in [6, 6.07) is 0. The first-order valence-corrected chi connectivity index (χ1v) is 8.01. The molecule has 0 saturated carbocycles. The largest absolute Gasteiger partial charge is 0.481 e. The highest BCUT2D eigenvalue weighted by molar-refractivity contribution is 5.74. The lowest BCUT2D eigenvalue weighted by Crippen LogP contribution is -2.30. The van der Waals surface area contributed by atoms with Crippen molar-refractivity contribution >= 4 is 5.97 Å². The molecule has 0 spiro atoms. The van der Waals surface area contributed by atoms with Crippen molar-refractivity contribution in [1.29, 1.82) is 0 Å². The van der Waals surface area contributed by atoms with Crippen molar-refractivity contribution in [2.45, 2.75) is 46.5 Å². The van der Waals surface area contributed by atoms with Crippen LogP contribution in [0, 0.1) is 5.92 Å². The Labute approximate surface area is 130 Å². The molecule has 0 amide bonds. The topological polar surface area (TPSA) is 40.5 Å². The summed E-state index contributed by atoms with van der Waals surface area (Å²) in [7, 11) is 0. The number of carboxylic acid groups (broad SMARTS) is 1. The Morgan fingerprint density at radius 1 is 1.24 bits per heavy atom. The van der Waals surface area contributed by atoms with Crippen LogP contribution in [-0.2, 0) is 4.79 Å². The van der Waals surface area contributed by atoms with E-state index in [1.807, 2.05) is 25.2 Å². The van der Waals surface area contributed by atoms with Gasteiger partial charge >= 0.3 is 5.97 Å². The molecule has 0 fully saturated rings. The third-order valence-electron chi connectivity index (χ3n) is 3.52. The number of hydrogen-bond donors (Lipinski definition) is 1. The van der Waals surface area contributed by atoms with Gasteiger partial charge in [-0.15, -0.1) is 0 Å². The maximum absolute atomic E-state index is 11.5. The van der Waals surface area contributed by atoms with Crippen LogP contribution in [0.2, 0.25) is 0 Å². The Balaban J connectivity index is 4.74. The van der Waals surface area contributed by atoms with E-state index < -0.39 is 11.9 Å². The smallest absolute Gasteiger partial charge is 0.311 e. The molecule has 0 aliphatic rings. The van der Waals surface area contributed by atoms with Gasteiger partial charge in [-0.3, -0.25) is 4.79 Å². The highest BCUT2D eigenvalue weighted by Crippen LogP contribution is 2.18. The number of hydrogen-bond acceptors (Lipinski definition) is 2. The molecule has 120 valence electrons. The van der Waals surface area contributed by atoms with Crippen molar-refractivity contribution in [3.63, 3.8) is 0 Å². The summed E-state index contributed by atoms with van der Waals surface area (Å²) in [5.41, 5.74) is 0.785. The number of carbonyl (C=O) groups is 1. The zero-order valence-electron chi connectivity index (χ0n) is 13.8. The third-order valence-corrected chi connectivity index (χ3v) is 3.52. The summed E-state index contributed by atoms with van der Waals surface area (Å²) in [6.07, 6.45) is 11.3. The average molecular weight is 293 g/mol. The van der Waals surface area contributed by atoms with Gasteiger partial charge in [0.15, 0.2) is 0 Å². The van der Waals surface area contributed by atoms with Crippen LogP contribution >= 0.6 is 0 Å². The predicted octanol–water partition coefficient (Wildman–Crippen LogP) is 4.28. The lowest BCUT2D eigenvalue weighted by atomic mass is 9.94. The summed E-state index contributed by atoms with van der Waals surface area (Å²) in [5, 5.41) is 9.46. The zero-order valence-corrected chi connectivity index (χ0v) is 13.8. The highest BCUT2D eigenvalue weighted by atomic mass is 16.4. The number of carboxylic acids is 1. The van der Waals surface area contributed by atoms with Crippen LogP contribution in [0.3, 0.4) is 0 Å². The van der Waals surface area contributed by atoms with Crippen LogP contribution in [0.15, 0.2) is 36.5 Å². The maximum atomic E-state index is 11.5. The molecular weight excluding hydrogens is 262 g/mol. The summed E-state index contributed by atoms with van der Waals surface area (Å²) in [4.78, 5) is 13.9. The van der Waals surface area contributed by atoms with E-state index in [4.69, 9.17) is 0 Å². The van der Waals surface area contributed by atoms with Gasteiger partial charge in [0.2, 0.25) is 0 Å². The quantitative estimate of drug-likeness (QED) is 0.546. The lowest BCUT2D eigenvalue weighted by molar-refractivity contribution is -0.140. The van der Waals surface area contributed by atoms with Gasteiger partial charge in [-0.1, -0.05) is 51.2 Å². The molecule has 0 aliphatic heterocycles. The molecule has 0 rings (SSSR count). The Morgan fingerprint density at radius 2 is 1.95 bits per heavy atom. The Bertz CT molecular complexity index is 358. The predicted molar refractivity (Wildman–Crippen MR) is 90.5 cm³/mol. The van der Waals surface area contributed by atoms with Gasteiger partial charge in [-0.25, -0.2) is 0 Å². The van der Waals surface area contributed by atoms with Crippen LogP contribution < -0.4 is 0 Å². The molecule has 0 aromatic heterocycles. The minimum absolute atomic E-state index is 0.473. The second kappa shape index (κ2) is 12.4. The number of rotatable bonds is 12. The first-order chi connectivity index (χ1) is 10.1. The minimum Gasteiger partial charge on any atom is -0.481 e. The van der Waals surface area contributed by atoms with Crippen molar-refractivity contribution in [3.8, 4) is 0 Å². The van der Waals surface area contributed by atoms with Crippen LogP contribution in [0.1, 0.15) is 46.5 Å².